The van der Waals surface area contributed by atoms with Crippen LogP contribution in [0.1, 0.15) is 116 Å². The number of aliphatic carboxylic acids is 1. The van der Waals surface area contributed by atoms with Gasteiger partial charge in [-0.05, 0) is 105 Å². The Morgan fingerprint density at radius 2 is 1.52 bits per heavy atom. The predicted molar refractivity (Wildman–Crippen MR) is 315 cm³/mol. The van der Waals surface area contributed by atoms with E-state index >= 15 is 35.5 Å². The summed E-state index contributed by atoms with van der Waals surface area (Å²) in [5, 5.41) is 20.3. The number of carbonyl (C=O) groups excluding carboxylic acids is 4. The molecule has 0 aliphatic heterocycles. The number of Topliss-reactive ketones (excluding diaryl/α,β-unsaturated/α-hetero) is 1. The number of amides is 3. The van der Waals surface area contributed by atoms with Gasteiger partial charge in [0.1, 0.15) is 58.4 Å². The number of anilines is 1. The zero-order valence-corrected chi connectivity index (χ0v) is 53.7. The Hall–Kier alpha value is -7.96. The summed E-state index contributed by atoms with van der Waals surface area (Å²) in [6.07, 6.45) is -13.1. The zero-order chi connectivity index (χ0) is 70.3. The van der Waals surface area contributed by atoms with Crippen LogP contribution in [0.25, 0.3) is 22.0 Å². The van der Waals surface area contributed by atoms with E-state index in [1.54, 1.807) is 0 Å². The minimum Gasteiger partial charge on any atom is -0.480 e. The largest absolute Gasteiger partial charge is 0.524 e. The quantitative estimate of drug-likeness (QED) is 0.0241. The molecular formula is C58H56ClF10N8O14PS2. The minimum absolute atomic E-state index is 0.0605. The number of sulfone groups is 1. The van der Waals surface area contributed by atoms with Crippen molar-refractivity contribution in [1.82, 2.24) is 35.2 Å². The molecule has 2 aliphatic carbocycles. The fraction of sp³-hybridized carbons (Fsp3) is 0.414. The van der Waals surface area contributed by atoms with E-state index in [4.69, 9.17) is 16.1 Å². The maximum absolute atomic E-state index is 15.8. The van der Waals surface area contributed by atoms with E-state index in [-0.39, 0.29) is 42.3 Å². The Kier molecular flexibility index (Phi) is 19.4. The number of hydrogen-bond acceptors (Lipinski definition) is 14. The lowest BCUT2D eigenvalue weighted by molar-refractivity contribution is -0.143. The number of aromatic nitrogens is 5. The molecule has 6 aromatic rings. The molecule has 0 saturated heterocycles. The lowest BCUT2D eigenvalue weighted by Gasteiger charge is -2.31. The van der Waals surface area contributed by atoms with Crippen LogP contribution in [0.5, 0.6) is 5.75 Å². The van der Waals surface area contributed by atoms with Crippen molar-refractivity contribution in [2.75, 3.05) is 16.8 Å². The van der Waals surface area contributed by atoms with Crippen molar-refractivity contribution < 1.29 is 109 Å². The second kappa shape index (κ2) is 25.3. The van der Waals surface area contributed by atoms with Crippen molar-refractivity contribution in [1.29, 1.82) is 0 Å². The van der Waals surface area contributed by atoms with Gasteiger partial charge in [-0.15, -0.1) is 0 Å². The molecule has 1 saturated carbocycles. The van der Waals surface area contributed by atoms with Gasteiger partial charge in [0.2, 0.25) is 27.7 Å². The Morgan fingerprint density at radius 1 is 0.894 bits per heavy atom. The molecular weight excluding hydrogens is 1350 g/mol. The van der Waals surface area contributed by atoms with Gasteiger partial charge in [0, 0.05) is 58.8 Å². The Morgan fingerprint density at radius 3 is 2.09 bits per heavy atom. The van der Waals surface area contributed by atoms with Gasteiger partial charge < -0.3 is 20.3 Å². The first-order chi connectivity index (χ1) is 43.0. The fourth-order valence-corrected chi connectivity index (χ4v) is 13.0. The number of ketones is 1. The Bertz CT molecular complexity index is 4480. The summed E-state index contributed by atoms with van der Waals surface area (Å²) in [7, 11) is -14.8. The molecule has 3 amide bonds. The molecule has 0 spiro atoms. The van der Waals surface area contributed by atoms with E-state index in [0.717, 1.165) is 55.6 Å². The van der Waals surface area contributed by atoms with Crippen molar-refractivity contribution in [2.45, 2.75) is 133 Å². The average Bonchev–Trinajstić information content (AvgIpc) is 1.52. The van der Waals surface area contributed by atoms with Crippen LogP contribution in [0, 0.1) is 36.3 Å². The number of hydrogen-bond donors (Lipinski definition) is 5. The number of rotatable bonds is 22. The van der Waals surface area contributed by atoms with Crippen LogP contribution in [0.4, 0.5) is 49.7 Å². The molecule has 3 aromatic heterocycles. The number of carbonyl (C=O) groups is 5. The lowest BCUT2D eigenvalue weighted by atomic mass is 9.77. The topological polar surface area (TPSA) is 316 Å². The maximum Gasteiger partial charge on any atom is 0.524 e. The number of aryl methyl sites for hydroxylation is 1. The van der Waals surface area contributed by atoms with E-state index in [2.05, 4.69) is 37.7 Å². The number of nitrogens with zero attached hydrogens (tertiary/aromatic N) is 6. The van der Waals surface area contributed by atoms with Gasteiger partial charge in [-0.3, -0.25) is 38.3 Å². The number of halogens is 11. The van der Waals surface area contributed by atoms with Crippen LogP contribution < -0.4 is 19.5 Å². The summed E-state index contributed by atoms with van der Waals surface area (Å²) < 4.78 is 220. The molecule has 506 valence electrons. The van der Waals surface area contributed by atoms with Crippen molar-refractivity contribution >= 4 is 85.5 Å². The molecule has 36 heteroatoms. The van der Waals surface area contributed by atoms with Gasteiger partial charge >= 0.3 is 26.1 Å². The van der Waals surface area contributed by atoms with E-state index in [0.29, 0.717) is 12.3 Å². The summed E-state index contributed by atoms with van der Waals surface area (Å²) in [4.78, 5) is 91.6. The van der Waals surface area contributed by atoms with Gasteiger partial charge in [-0.25, -0.2) is 40.0 Å². The molecule has 22 nitrogen and oxygen atoms in total. The van der Waals surface area contributed by atoms with Gasteiger partial charge in [0.15, 0.2) is 21.3 Å². The summed E-state index contributed by atoms with van der Waals surface area (Å²) in [5.74, 6) is -12.3. The number of sulfonamides is 1. The first-order valence-electron chi connectivity index (χ1n) is 27.7. The third-order valence-electron chi connectivity index (χ3n) is 15.3. The highest BCUT2D eigenvalue weighted by Gasteiger charge is 2.68. The molecule has 0 unspecified atom stereocenters. The Labute approximate surface area is 533 Å². The van der Waals surface area contributed by atoms with E-state index < -0.39 is 227 Å². The van der Waals surface area contributed by atoms with Crippen LogP contribution in [0.2, 0.25) is 5.02 Å². The van der Waals surface area contributed by atoms with Gasteiger partial charge in [0.25, 0.3) is 5.92 Å². The highest BCUT2D eigenvalue weighted by atomic mass is 35.5. The predicted octanol–water partition coefficient (Wildman–Crippen LogP) is 8.82. The minimum atomic E-state index is -5.57. The molecule has 5 N–H and O–H groups in total. The average molecular weight is 1410 g/mol. The number of nitrogens with one attached hydrogen (secondary N) is 2. The first-order valence-corrected chi connectivity index (χ1v) is 33.4. The third-order valence-corrected chi connectivity index (χ3v) is 19.1. The van der Waals surface area contributed by atoms with Crippen LogP contribution in [0.3, 0.4) is 0 Å². The van der Waals surface area contributed by atoms with Crippen molar-refractivity contribution in [3.8, 4) is 28.7 Å². The van der Waals surface area contributed by atoms with E-state index in [1.165, 1.54) is 40.7 Å². The van der Waals surface area contributed by atoms with Gasteiger partial charge in [-0.1, -0.05) is 43.5 Å². The molecule has 0 bridgehead atoms. The second-order valence-corrected chi connectivity index (χ2v) is 29.9. The highest BCUT2D eigenvalue weighted by Crippen LogP contribution is 2.68. The molecule has 1 fully saturated rings. The normalized spacial score (nSPS) is 16.3. The number of pyridine rings is 1. The van der Waals surface area contributed by atoms with Crippen LogP contribution in [0.15, 0.2) is 54.6 Å². The summed E-state index contributed by atoms with van der Waals surface area (Å²) >= 11 is 6.82. The zero-order valence-electron chi connectivity index (χ0n) is 50.4. The van der Waals surface area contributed by atoms with E-state index in [1.807, 2.05) is 0 Å². The van der Waals surface area contributed by atoms with Gasteiger partial charge in [-0.2, -0.15) is 49.6 Å². The van der Waals surface area contributed by atoms with Crippen LogP contribution >= 0.6 is 19.4 Å². The fourth-order valence-electron chi connectivity index (χ4n) is 11.2. The molecule has 3 aromatic carbocycles. The molecule has 4 atom stereocenters. The number of fused-ring (bicyclic) bond motifs is 4. The van der Waals surface area contributed by atoms with E-state index in [9.17, 15) is 68.6 Å². The lowest BCUT2D eigenvalue weighted by Crippen LogP contribution is -2.43. The van der Waals surface area contributed by atoms with Gasteiger partial charge in [0.05, 0.1) is 40.3 Å². The second-order valence-electron chi connectivity index (χ2n) is 23.9. The standard InChI is InChI=1S/C58H56ClF10N8O14PS2/c1-27-15-30(21-42(79)72-40(53(82)83)17-28(2)78)47(41(16-27)91-92(84,85)86)54(3,4)24-44(81)77(94(8,89)90)52-46-38(59)12-11-35(49(46)76(74-52)26-56(62,63)64)34-10-9-33(13-14-55(5,6)93(7,87)88)70-48(34)39(20-29-18-31(60)22-32(61)19-29)71-43(80)25-75-51-45(50(73-75)58(67,68)69)36-23-37(36)57(51,65)66/h9-12,15-16,18-19,22,36-37,39-40H,17,20-21,23-26H2,1-8H3,(H,71,80)(H,72,79)(H,82,83)(H2,84,85,86)/t36-,37+,39-,40+/m0/s1. The van der Waals surface area contributed by atoms with Crippen molar-refractivity contribution in [3.05, 3.63) is 122 Å². The highest BCUT2D eigenvalue weighted by molar-refractivity contribution is 7.93. The third kappa shape index (κ3) is 15.7. The number of phosphoric ester groups is 1. The summed E-state index contributed by atoms with van der Waals surface area (Å²) in [6, 6.07) is 4.72. The first kappa shape index (κ1) is 71.9. The summed E-state index contributed by atoms with van der Waals surface area (Å²) in [6.45, 7) is 3.67. The molecule has 0 radical (unpaired) electrons. The smallest absolute Gasteiger partial charge is 0.480 e. The van der Waals surface area contributed by atoms with Crippen molar-refractivity contribution in [2.24, 2.45) is 5.92 Å². The number of carboxylic acids is 1. The molecule has 2 aliphatic rings. The number of benzene rings is 3. The summed E-state index contributed by atoms with van der Waals surface area (Å²) in [5.41, 5.74) is -9.20. The molecule has 3 heterocycles. The molecule has 94 heavy (non-hydrogen) atoms. The molecule has 8 rings (SSSR count). The number of carboxylic acid groups (broad SMARTS) is 1. The monoisotopic (exact) mass is 1410 g/mol. The van der Waals surface area contributed by atoms with Crippen molar-refractivity contribution in [3.63, 3.8) is 0 Å². The number of alkyl halides is 8. The van der Waals surface area contributed by atoms with Crippen LogP contribution in [-0.4, -0.2) is 115 Å². The number of phosphoric acid groups is 1. The van der Waals surface area contributed by atoms with Crippen LogP contribution in [-0.2, 0) is 91.8 Å². The SMILES string of the molecule is CC(=O)C[C@@H](NC(=O)Cc1cc(C)cc(OP(=O)(O)O)c1C(C)(C)CC(=O)N(c1nn(CC(F)(F)F)c2c(-c3ccc(C#CC(C)(C)S(C)(=O)=O)nc3[C@H](Cc3cc(F)cc(F)c3)NC(=O)Cn3nc(C(F)(F)F)c4c3C(F)(F)[C@@H]3C[C@H]43)ccc(Cl)c12)S(C)(=O)=O)C(=O)O. The maximum atomic E-state index is 15.8. The Balaban J connectivity index is 1.34.